The molecule has 0 heterocycles. The van der Waals surface area contributed by atoms with Gasteiger partial charge in [-0.05, 0) is 24.6 Å². The summed E-state index contributed by atoms with van der Waals surface area (Å²) in [6, 6.07) is 12.5. The summed E-state index contributed by atoms with van der Waals surface area (Å²) in [5.74, 6) is -0.814. The molecule has 3 heteroatoms. The number of hydrogen-bond acceptors (Lipinski definition) is 2. The summed E-state index contributed by atoms with van der Waals surface area (Å²) in [6.45, 7) is 1.33. The third-order valence-electron chi connectivity index (χ3n) is 2.77. The van der Waals surface area contributed by atoms with Gasteiger partial charge >= 0.3 is 0 Å². The molecule has 0 saturated heterocycles. The summed E-state index contributed by atoms with van der Waals surface area (Å²) in [5.41, 5.74) is 1.54. The Morgan fingerprint density at radius 3 is 2.33 bits per heavy atom. The highest BCUT2D eigenvalue weighted by atomic mass is 19.1. The second-order valence-corrected chi connectivity index (χ2v) is 3.93. The molecule has 2 aromatic carbocycles. The Bertz CT molecular complexity index is 577. The van der Waals surface area contributed by atoms with Crippen molar-refractivity contribution in [1.29, 1.82) is 0 Å². The summed E-state index contributed by atoms with van der Waals surface area (Å²) in [6.07, 6.45) is 0. The standard InChI is InChI=1S/C15H13FO2/c1-10(17)12-8-9-13(15(18-2)14(12)16)11-6-4-3-5-7-11/h3-9H,1-2H3. The maximum Gasteiger partial charge on any atom is 0.176 e. The first-order chi connectivity index (χ1) is 8.65. The van der Waals surface area contributed by atoms with Gasteiger partial charge in [-0.15, -0.1) is 0 Å². The third-order valence-corrected chi connectivity index (χ3v) is 2.77. The molecule has 0 aliphatic rings. The van der Waals surface area contributed by atoms with Crippen LogP contribution in [0, 0.1) is 5.82 Å². The van der Waals surface area contributed by atoms with Crippen molar-refractivity contribution >= 4 is 5.78 Å². The second-order valence-electron chi connectivity index (χ2n) is 3.93. The van der Waals surface area contributed by atoms with Gasteiger partial charge in [0.2, 0.25) is 0 Å². The van der Waals surface area contributed by atoms with Crippen molar-refractivity contribution in [1.82, 2.24) is 0 Å². The summed E-state index contributed by atoms with van der Waals surface area (Å²) in [5, 5.41) is 0. The van der Waals surface area contributed by atoms with E-state index in [2.05, 4.69) is 0 Å². The van der Waals surface area contributed by atoms with Crippen LogP contribution in [0.4, 0.5) is 4.39 Å². The van der Waals surface area contributed by atoms with Gasteiger partial charge in [0.25, 0.3) is 0 Å². The van der Waals surface area contributed by atoms with Gasteiger partial charge in [0.15, 0.2) is 17.3 Å². The van der Waals surface area contributed by atoms with Crippen molar-refractivity contribution in [3.05, 3.63) is 53.8 Å². The molecule has 0 amide bonds. The number of hydrogen-bond donors (Lipinski definition) is 0. The molecule has 0 spiro atoms. The lowest BCUT2D eigenvalue weighted by Gasteiger charge is -2.11. The van der Waals surface area contributed by atoms with Crippen LogP contribution < -0.4 is 4.74 Å². The molecule has 0 fully saturated rings. The summed E-state index contributed by atoms with van der Waals surface area (Å²) < 4.78 is 19.2. The SMILES string of the molecule is COc1c(-c2ccccc2)ccc(C(C)=O)c1F. The van der Waals surface area contributed by atoms with E-state index in [9.17, 15) is 9.18 Å². The number of ether oxygens (including phenoxy) is 1. The molecule has 0 bridgehead atoms. The molecule has 0 aliphatic heterocycles. The van der Waals surface area contributed by atoms with E-state index >= 15 is 0 Å². The number of ketones is 1. The summed E-state index contributed by atoms with van der Waals surface area (Å²) in [7, 11) is 1.40. The lowest BCUT2D eigenvalue weighted by Crippen LogP contribution is -2.01. The zero-order valence-corrected chi connectivity index (χ0v) is 10.2. The molecule has 0 unspecified atom stereocenters. The van der Waals surface area contributed by atoms with Crippen LogP contribution in [0.15, 0.2) is 42.5 Å². The predicted molar refractivity (Wildman–Crippen MR) is 68.4 cm³/mol. The van der Waals surface area contributed by atoms with E-state index in [0.29, 0.717) is 5.56 Å². The summed E-state index contributed by atoms with van der Waals surface area (Å²) in [4.78, 5) is 11.3. The first-order valence-corrected chi connectivity index (χ1v) is 5.58. The van der Waals surface area contributed by atoms with Crippen LogP contribution in [0.1, 0.15) is 17.3 Å². The van der Waals surface area contributed by atoms with Gasteiger partial charge in [0, 0.05) is 5.56 Å². The second kappa shape index (κ2) is 5.00. The Kier molecular flexibility index (Phi) is 3.42. The number of halogens is 1. The molecule has 0 N–H and O–H groups in total. The van der Waals surface area contributed by atoms with Crippen LogP contribution >= 0.6 is 0 Å². The molecule has 92 valence electrons. The average Bonchev–Trinajstić information content (AvgIpc) is 2.39. The fraction of sp³-hybridized carbons (Fsp3) is 0.133. The molecular weight excluding hydrogens is 231 g/mol. The molecule has 0 atom stereocenters. The zero-order chi connectivity index (χ0) is 13.1. The third kappa shape index (κ3) is 2.12. The highest BCUT2D eigenvalue weighted by molar-refractivity contribution is 5.95. The maximum atomic E-state index is 14.1. The van der Waals surface area contributed by atoms with Gasteiger partial charge < -0.3 is 4.74 Å². The highest BCUT2D eigenvalue weighted by Crippen LogP contribution is 2.34. The number of benzene rings is 2. The molecule has 0 aliphatic carbocycles. The quantitative estimate of drug-likeness (QED) is 0.769. The van der Waals surface area contributed by atoms with Crippen LogP contribution in [-0.4, -0.2) is 12.9 Å². The van der Waals surface area contributed by atoms with E-state index in [1.807, 2.05) is 30.3 Å². The molecule has 0 radical (unpaired) electrons. The van der Waals surface area contributed by atoms with Crippen molar-refractivity contribution in [3.63, 3.8) is 0 Å². The van der Waals surface area contributed by atoms with Gasteiger partial charge in [-0.1, -0.05) is 30.3 Å². The normalized spacial score (nSPS) is 10.2. The number of methoxy groups -OCH3 is 1. The summed E-state index contributed by atoms with van der Waals surface area (Å²) >= 11 is 0. The lowest BCUT2D eigenvalue weighted by molar-refractivity contribution is 0.101. The van der Waals surface area contributed by atoms with Crippen LogP contribution in [0.2, 0.25) is 0 Å². The maximum absolute atomic E-state index is 14.1. The van der Waals surface area contributed by atoms with E-state index in [1.165, 1.54) is 20.1 Å². The molecular formula is C15H13FO2. The van der Waals surface area contributed by atoms with Crippen molar-refractivity contribution < 1.29 is 13.9 Å². The number of carbonyl (C=O) groups is 1. The lowest BCUT2D eigenvalue weighted by atomic mass is 10.0. The monoisotopic (exact) mass is 244 g/mol. The Morgan fingerprint density at radius 2 is 1.78 bits per heavy atom. The van der Waals surface area contributed by atoms with Crippen LogP contribution in [0.25, 0.3) is 11.1 Å². The van der Waals surface area contributed by atoms with Gasteiger partial charge in [-0.2, -0.15) is 0 Å². The number of rotatable bonds is 3. The fourth-order valence-electron chi connectivity index (χ4n) is 1.87. The minimum Gasteiger partial charge on any atom is -0.493 e. The Morgan fingerprint density at radius 1 is 1.11 bits per heavy atom. The Hall–Kier alpha value is -2.16. The predicted octanol–water partition coefficient (Wildman–Crippen LogP) is 3.70. The van der Waals surface area contributed by atoms with Crippen molar-refractivity contribution in [3.8, 4) is 16.9 Å². The van der Waals surface area contributed by atoms with E-state index < -0.39 is 5.82 Å². The number of Topliss-reactive ketones (excluding diaryl/α,β-unsaturated/α-hetero) is 1. The smallest absolute Gasteiger partial charge is 0.176 e. The topological polar surface area (TPSA) is 26.3 Å². The van der Waals surface area contributed by atoms with Gasteiger partial charge in [-0.3, -0.25) is 4.79 Å². The average molecular weight is 244 g/mol. The van der Waals surface area contributed by atoms with Gasteiger partial charge in [-0.25, -0.2) is 4.39 Å². The fourth-order valence-corrected chi connectivity index (χ4v) is 1.87. The molecule has 0 saturated carbocycles. The zero-order valence-electron chi connectivity index (χ0n) is 10.2. The van der Waals surface area contributed by atoms with Crippen molar-refractivity contribution in [2.45, 2.75) is 6.92 Å². The molecule has 2 nitrogen and oxygen atoms in total. The molecule has 2 rings (SSSR count). The van der Waals surface area contributed by atoms with Gasteiger partial charge in [0.05, 0.1) is 12.7 Å². The minimum atomic E-state index is -0.605. The van der Waals surface area contributed by atoms with E-state index in [4.69, 9.17) is 4.74 Å². The van der Waals surface area contributed by atoms with E-state index in [-0.39, 0.29) is 17.1 Å². The first kappa shape index (κ1) is 12.3. The highest BCUT2D eigenvalue weighted by Gasteiger charge is 2.17. The Labute approximate surface area is 105 Å². The molecule has 2 aromatic rings. The van der Waals surface area contributed by atoms with Gasteiger partial charge in [0.1, 0.15) is 0 Å². The number of carbonyl (C=O) groups excluding carboxylic acids is 1. The largest absolute Gasteiger partial charge is 0.493 e. The Balaban J connectivity index is 2.64. The van der Waals surface area contributed by atoms with Crippen LogP contribution in [-0.2, 0) is 0 Å². The van der Waals surface area contributed by atoms with Crippen molar-refractivity contribution in [2.75, 3.05) is 7.11 Å². The molecule has 18 heavy (non-hydrogen) atoms. The minimum absolute atomic E-state index is 0.0477. The first-order valence-electron chi connectivity index (χ1n) is 5.58. The van der Waals surface area contributed by atoms with Crippen LogP contribution in [0.5, 0.6) is 5.75 Å². The van der Waals surface area contributed by atoms with E-state index in [0.717, 1.165) is 5.56 Å². The van der Waals surface area contributed by atoms with Crippen molar-refractivity contribution in [2.24, 2.45) is 0 Å². The van der Waals surface area contributed by atoms with Crippen LogP contribution in [0.3, 0.4) is 0 Å². The molecule has 0 aromatic heterocycles. The van der Waals surface area contributed by atoms with E-state index in [1.54, 1.807) is 6.07 Å².